The number of fused-ring (bicyclic) bond motifs is 3. The van der Waals surface area contributed by atoms with E-state index in [2.05, 4.69) is 26.0 Å². The summed E-state index contributed by atoms with van der Waals surface area (Å²) in [6.45, 7) is 0. The normalized spacial score (nSPS) is 17.4. The highest BCUT2D eigenvalue weighted by Crippen LogP contribution is 2.27. The van der Waals surface area contributed by atoms with E-state index in [0.29, 0.717) is 11.5 Å². The Morgan fingerprint density at radius 3 is 2.90 bits per heavy atom. The van der Waals surface area contributed by atoms with Gasteiger partial charge >= 0.3 is 0 Å². The standard InChI is InChI=1S/C19H14F2N6O2/c20-13-6-5-11(7-14(13)21)9-23-24-17(28)8-16-19(29)26-25-18-12-3-1-2-4-15(12)22-10-27(16)18/h1-7,9-10,16H,8H2,(H,24,28)(H,26,29)/b23-9+. The molecule has 2 aromatic rings. The summed E-state index contributed by atoms with van der Waals surface area (Å²) in [5.41, 5.74) is 6.40. The Balaban J connectivity index is 1.44. The zero-order valence-corrected chi connectivity index (χ0v) is 14.8. The first kappa shape index (κ1) is 18.4. The highest BCUT2D eigenvalue weighted by atomic mass is 19.2. The van der Waals surface area contributed by atoms with Gasteiger partial charge in [0.1, 0.15) is 6.04 Å². The van der Waals surface area contributed by atoms with Gasteiger partial charge in [0.25, 0.3) is 5.91 Å². The van der Waals surface area contributed by atoms with Gasteiger partial charge in [-0.1, -0.05) is 18.2 Å². The first-order chi connectivity index (χ1) is 14.0. The van der Waals surface area contributed by atoms with Crippen molar-refractivity contribution in [2.75, 3.05) is 0 Å². The van der Waals surface area contributed by atoms with Crippen LogP contribution in [0.4, 0.5) is 14.5 Å². The number of hydrogen-bond donors (Lipinski definition) is 2. The van der Waals surface area contributed by atoms with Crippen molar-refractivity contribution < 1.29 is 18.4 Å². The lowest BCUT2D eigenvalue weighted by atomic mass is 10.1. The number of rotatable bonds is 4. The molecule has 1 unspecified atom stereocenters. The number of benzene rings is 2. The molecule has 0 fully saturated rings. The van der Waals surface area contributed by atoms with Crippen molar-refractivity contribution in [3.8, 4) is 0 Å². The predicted molar refractivity (Wildman–Crippen MR) is 102 cm³/mol. The molecule has 2 aliphatic heterocycles. The number of carbonyl (C=O) groups is 2. The van der Waals surface area contributed by atoms with Crippen LogP contribution in [0, 0.1) is 11.6 Å². The smallest absolute Gasteiger partial charge is 0.263 e. The molecule has 2 aliphatic rings. The number of amidine groups is 1. The lowest BCUT2D eigenvalue weighted by Crippen LogP contribution is -2.55. The molecule has 8 nitrogen and oxygen atoms in total. The number of hydrogen-bond acceptors (Lipinski definition) is 6. The van der Waals surface area contributed by atoms with Crippen molar-refractivity contribution in [3.63, 3.8) is 0 Å². The molecule has 0 saturated carbocycles. The summed E-state index contributed by atoms with van der Waals surface area (Å²) in [6.07, 6.45) is 2.42. The van der Waals surface area contributed by atoms with Crippen LogP contribution in [0.2, 0.25) is 0 Å². The Morgan fingerprint density at radius 2 is 2.07 bits per heavy atom. The van der Waals surface area contributed by atoms with Gasteiger partial charge in [-0.15, -0.1) is 0 Å². The lowest BCUT2D eigenvalue weighted by Gasteiger charge is -2.34. The Bertz CT molecular complexity index is 1080. The second-order valence-electron chi connectivity index (χ2n) is 6.27. The van der Waals surface area contributed by atoms with Crippen LogP contribution < -0.4 is 10.9 Å². The number of nitrogens with one attached hydrogen (secondary N) is 2. The largest absolute Gasteiger partial charge is 0.302 e. The molecule has 2 N–H and O–H groups in total. The quantitative estimate of drug-likeness (QED) is 0.607. The minimum atomic E-state index is -1.02. The molecule has 29 heavy (non-hydrogen) atoms. The molecule has 0 radical (unpaired) electrons. The maximum atomic E-state index is 13.2. The van der Waals surface area contributed by atoms with E-state index < -0.39 is 29.5 Å². The Hall–Kier alpha value is -3.95. The number of nitrogens with zero attached hydrogens (tertiary/aromatic N) is 4. The van der Waals surface area contributed by atoms with Gasteiger partial charge in [-0.3, -0.25) is 9.59 Å². The molecule has 10 heteroatoms. The van der Waals surface area contributed by atoms with Crippen molar-refractivity contribution in [2.24, 2.45) is 15.2 Å². The van der Waals surface area contributed by atoms with E-state index in [1.165, 1.54) is 23.5 Å². The summed E-state index contributed by atoms with van der Waals surface area (Å²) in [6, 6.07) is 9.65. The van der Waals surface area contributed by atoms with E-state index in [1.54, 1.807) is 0 Å². The first-order valence-electron chi connectivity index (χ1n) is 8.59. The fraction of sp³-hybridized carbons (Fsp3) is 0.105. The van der Waals surface area contributed by atoms with Crippen LogP contribution in [-0.2, 0) is 9.59 Å². The van der Waals surface area contributed by atoms with Gasteiger partial charge in [-0.05, 0) is 29.8 Å². The monoisotopic (exact) mass is 396 g/mol. The van der Waals surface area contributed by atoms with Gasteiger partial charge in [0.05, 0.1) is 24.7 Å². The molecule has 2 aromatic carbocycles. The fourth-order valence-electron chi connectivity index (χ4n) is 2.93. The SMILES string of the molecule is O=C(CC1C(=O)NN=C2c3ccccc3N=CN21)N/N=C/c1ccc(F)c(F)c1. The van der Waals surface area contributed by atoms with E-state index >= 15 is 0 Å². The molecule has 0 aliphatic carbocycles. The van der Waals surface area contributed by atoms with Gasteiger partial charge in [-0.25, -0.2) is 24.6 Å². The Labute approximate surface area is 163 Å². The Morgan fingerprint density at radius 1 is 1.24 bits per heavy atom. The fourth-order valence-corrected chi connectivity index (χ4v) is 2.93. The summed E-state index contributed by atoms with van der Waals surface area (Å²) in [5, 5.41) is 7.79. The molecular weight excluding hydrogens is 382 g/mol. The molecule has 2 heterocycles. The molecular formula is C19H14F2N6O2. The molecule has 0 bridgehead atoms. The zero-order chi connectivity index (χ0) is 20.4. The minimum Gasteiger partial charge on any atom is -0.302 e. The van der Waals surface area contributed by atoms with Crippen LogP contribution in [0.5, 0.6) is 0 Å². The average molecular weight is 396 g/mol. The third-order valence-corrected chi connectivity index (χ3v) is 4.35. The van der Waals surface area contributed by atoms with Gasteiger partial charge in [0, 0.05) is 5.56 Å². The summed E-state index contributed by atoms with van der Waals surface area (Å²) in [7, 11) is 0. The number of para-hydroxylation sites is 1. The second kappa shape index (κ2) is 7.58. The topological polar surface area (TPSA) is 98.5 Å². The minimum absolute atomic E-state index is 0.214. The zero-order valence-electron chi connectivity index (χ0n) is 14.8. The number of aliphatic imine (C=N–C) groups is 1. The number of carbonyl (C=O) groups excluding carboxylic acids is 2. The van der Waals surface area contributed by atoms with Crippen LogP contribution >= 0.6 is 0 Å². The van der Waals surface area contributed by atoms with E-state index in [0.717, 1.165) is 17.7 Å². The molecule has 146 valence electrons. The van der Waals surface area contributed by atoms with Crippen LogP contribution in [0.1, 0.15) is 17.5 Å². The predicted octanol–water partition coefficient (Wildman–Crippen LogP) is 1.64. The third kappa shape index (κ3) is 3.72. The summed E-state index contributed by atoms with van der Waals surface area (Å²) < 4.78 is 26.1. The summed E-state index contributed by atoms with van der Waals surface area (Å²) >= 11 is 0. The van der Waals surface area contributed by atoms with Crippen LogP contribution in [0.25, 0.3) is 0 Å². The summed E-state index contributed by atoms with van der Waals surface area (Å²) in [5.74, 6) is -2.51. The molecule has 0 aromatic heterocycles. The lowest BCUT2D eigenvalue weighted by molar-refractivity contribution is -0.130. The number of hydrazone groups is 2. The van der Waals surface area contributed by atoms with Gasteiger partial charge in [0.2, 0.25) is 5.91 Å². The highest BCUT2D eigenvalue weighted by molar-refractivity contribution is 6.14. The van der Waals surface area contributed by atoms with Crippen molar-refractivity contribution >= 4 is 35.9 Å². The van der Waals surface area contributed by atoms with Gasteiger partial charge in [0.15, 0.2) is 17.5 Å². The third-order valence-electron chi connectivity index (χ3n) is 4.35. The van der Waals surface area contributed by atoms with Gasteiger partial charge < -0.3 is 4.90 Å². The number of halogens is 2. The maximum Gasteiger partial charge on any atom is 0.263 e. The van der Waals surface area contributed by atoms with E-state index in [-0.39, 0.29) is 12.0 Å². The van der Waals surface area contributed by atoms with Crippen molar-refractivity contribution in [3.05, 3.63) is 65.2 Å². The van der Waals surface area contributed by atoms with E-state index in [9.17, 15) is 18.4 Å². The molecule has 1 atom stereocenters. The molecule has 4 rings (SSSR count). The van der Waals surface area contributed by atoms with E-state index in [4.69, 9.17) is 0 Å². The first-order valence-corrected chi connectivity index (χ1v) is 8.59. The number of amides is 2. The molecule has 0 saturated heterocycles. The maximum absolute atomic E-state index is 13.2. The van der Waals surface area contributed by atoms with Crippen molar-refractivity contribution in [2.45, 2.75) is 12.5 Å². The molecule has 0 spiro atoms. The van der Waals surface area contributed by atoms with Crippen LogP contribution in [-0.4, -0.2) is 41.1 Å². The summed E-state index contributed by atoms with van der Waals surface area (Å²) in [4.78, 5) is 30.3. The average Bonchev–Trinajstić information content (AvgIpc) is 2.72. The van der Waals surface area contributed by atoms with Crippen LogP contribution in [0.3, 0.4) is 0 Å². The second-order valence-corrected chi connectivity index (χ2v) is 6.27. The van der Waals surface area contributed by atoms with Crippen molar-refractivity contribution in [1.29, 1.82) is 0 Å². The van der Waals surface area contributed by atoms with E-state index in [1.807, 2.05) is 24.3 Å². The highest BCUT2D eigenvalue weighted by Gasteiger charge is 2.36. The Kier molecular flexibility index (Phi) is 4.82. The molecule has 2 amide bonds. The van der Waals surface area contributed by atoms with Crippen molar-refractivity contribution in [1.82, 2.24) is 15.8 Å². The van der Waals surface area contributed by atoms with Gasteiger partial charge in [-0.2, -0.15) is 10.2 Å². The van der Waals surface area contributed by atoms with Crippen LogP contribution in [0.15, 0.2) is 57.7 Å².